The molecule has 2 N–H and O–H groups in total. The first-order valence-corrected chi connectivity index (χ1v) is 10.1. The molecule has 0 saturated heterocycles. The fourth-order valence-corrected chi connectivity index (χ4v) is 3.42. The predicted octanol–water partition coefficient (Wildman–Crippen LogP) is 5.19. The first kappa shape index (κ1) is 21.1. The van der Waals surface area contributed by atoms with Gasteiger partial charge in [-0.05, 0) is 41.3 Å². The van der Waals surface area contributed by atoms with Crippen molar-refractivity contribution in [1.82, 2.24) is 5.32 Å². The van der Waals surface area contributed by atoms with Crippen molar-refractivity contribution in [3.05, 3.63) is 113 Å². The Hall–Kier alpha value is -2.59. The van der Waals surface area contributed by atoms with Crippen molar-refractivity contribution in [2.24, 2.45) is 0 Å². The second kappa shape index (κ2) is 10.8. The lowest BCUT2D eigenvalue weighted by atomic mass is 9.98. The van der Waals surface area contributed by atoms with Gasteiger partial charge in [-0.2, -0.15) is 0 Å². The molecule has 1 atom stereocenters. The van der Waals surface area contributed by atoms with Gasteiger partial charge in [-0.3, -0.25) is 0 Å². The van der Waals surface area contributed by atoms with Gasteiger partial charge in [0.15, 0.2) is 0 Å². The quantitative estimate of drug-likeness (QED) is 0.454. The average molecular weight is 408 g/mol. The van der Waals surface area contributed by atoms with Gasteiger partial charge in [0.25, 0.3) is 0 Å². The number of allylic oxidation sites excluding steroid dienone is 1. The third kappa shape index (κ3) is 6.20. The topological polar surface area (TPSA) is 41.5 Å². The van der Waals surface area contributed by atoms with Gasteiger partial charge in [0.2, 0.25) is 0 Å². The summed E-state index contributed by atoms with van der Waals surface area (Å²) >= 11 is 6.07. The van der Waals surface area contributed by atoms with Crippen molar-refractivity contribution in [3.63, 3.8) is 0 Å². The average Bonchev–Trinajstić information content (AvgIpc) is 2.75. The highest BCUT2D eigenvalue weighted by molar-refractivity contribution is 6.30. The van der Waals surface area contributed by atoms with E-state index < -0.39 is 6.10 Å². The second-order valence-corrected chi connectivity index (χ2v) is 7.31. The lowest BCUT2D eigenvalue weighted by Crippen LogP contribution is -2.34. The Morgan fingerprint density at radius 1 is 0.966 bits per heavy atom. The molecular formula is C25H26ClNO2. The Kier molecular flexibility index (Phi) is 7.88. The molecule has 0 aliphatic carbocycles. The maximum atomic E-state index is 10.5. The van der Waals surface area contributed by atoms with E-state index in [9.17, 15) is 5.11 Å². The summed E-state index contributed by atoms with van der Waals surface area (Å²) in [7, 11) is 0. The van der Waals surface area contributed by atoms with Gasteiger partial charge < -0.3 is 15.2 Å². The third-order valence-corrected chi connectivity index (χ3v) is 4.88. The minimum Gasteiger partial charge on any atom is -0.491 e. The molecule has 3 rings (SSSR count). The SMILES string of the molecule is C=CCc1cc(Cl)ccc1OCC(O)CNC(c1ccccc1)c1ccccc1. The van der Waals surface area contributed by atoms with Crippen LogP contribution in [0.15, 0.2) is 91.5 Å². The van der Waals surface area contributed by atoms with Crippen molar-refractivity contribution in [2.75, 3.05) is 13.2 Å². The number of hydrogen-bond acceptors (Lipinski definition) is 3. The van der Waals surface area contributed by atoms with E-state index in [0.29, 0.717) is 18.0 Å². The van der Waals surface area contributed by atoms with Gasteiger partial charge >= 0.3 is 0 Å². The normalized spacial score (nSPS) is 12.0. The van der Waals surface area contributed by atoms with E-state index in [0.717, 1.165) is 22.4 Å². The van der Waals surface area contributed by atoms with Crippen LogP contribution in [-0.2, 0) is 6.42 Å². The van der Waals surface area contributed by atoms with Gasteiger partial charge in [0, 0.05) is 11.6 Å². The molecule has 150 valence electrons. The van der Waals surface area contributed by atoms with Crippen LogP contribution < -0.4 is 10.1 Å². The number of ether oxygens (including phenoxy) is 1. The number of benzene rings is 3. The molecule has 0 heterocycles. The summed E-state index contributed by atoms with van der Waals surface area (Å²) in [6.07, 6.45) is 1.81. The standard InChI is InChI=1S/C25H26ClNO2/c1-2-9-21-16-22(26)14-15-24(21)29-18-23(28)17-27-25(19-10-5-3-6-11-19)20-12-7-4-8-13-20/h2-8,10-16,23,25,27-28H,1,9,17-18H2. The molecule has 1 unspecified atom stereocenters. The van der Waals surface area contributed by atoms with E-state index in [1.807, 2.05) is 48.5 Å². The number of hydrogen-bond donors (Lipinski definition) is 2. The maximum absolute atomic E-state index is 10.5. The highest BCUT2D eigenvalue weighted by Crippen LogP contribution is 2.24. The van der Waals surface area contributed by atoms with E-state index in [-0.39, 0.29) is 12.6 Å². The molecule has 0 fully saturated rings. The van der Waals surface area contributed by atoms with Gasteiger partial charge in [0.05, 0.1) is 6.04 Å². The van der Waals surface area contributed by atoms with Crippen molar-refractivity contribution in [3.8, 4) is 5.75 Å². The molecule has 0 aliphatic rings. The molecule has 0 aromatic heterocycles. The molecule has 0 radical (unpaired) electrons. The van der Waals surface area contributed by atoms with Gasteiger partial charge in [0.1, 0.15) is 18.5 Å². The summed E-state index contributed by atoms with van der Waals surface area (Å²) < 4.78 is 5.85. The molecule has 0 spiro atoms. The first-order valence-electron chi connectivity index (χ1n) is 9.71. The largest absolute Gasteiger partial charge is 0.491 e. The van der Waals surface area contributed by atoms with Crippen molar-refractivity contribution in [1.29, 1.82) is 0 Å². The zero-order chi connectivity index (χ0) is 20.5. The van der Waals surface area contributed by atoms with Gasteiger partial charge in [-0.1, -0.05) is 78.3 Å². The summed E-state index contributed by atoms with van der Waals surface area (Å²) in [4.78, 5) is 0. The highest BCUT2D eigenvalue weighted by atomic mass is 35.5. The smallest absolute Gasteiger partial charge is 0.123 e. The fraction of sp³-hybridized carbons (Fsp3) is 0.200. The number of aliphatic hydroxyl groups is 1. The Morgan fingerprint density at radius 3 is 2.17 bits per heavy atom. The molecule has 0 bridgehead atoms. The third-order valence-electron chi connectivity index (χ3n) is 4.64. The van der Waals surface area contributed by atoms with Gasteiger partial charge in [-0.15, -0.1) is 6.58 Å². The Morgan fingerprint density at radius 2 is 1.59 bits per heavy atom. The zero-order valence-electron chi connectivity index (χ0n) is 16.3. The van der Waals surface area contributed by atoms with Crippen LogP contribution in [0.5, 0.6) is 5.75 Å². The van der Waals surface area contributed by atoms with Crippen molar-refractivity contribution >= 4 is 11.6 Å². The summed E-state index contributed by atoms with van der Waals surface area (Å²) in [5, 5.41) is 14.6. The minimum atomic E-state index is -0.655. The van der Waals surface area contributed by atoms with Gasteiger partial charge in [-0.25, -0.2) is 0 Å². The van der Waals surface area contributed by atoms with E-state index >= 15 is 0 Å². The number of nitrogens with one attached hydrogen (secondary N) is 1. The van der Waals surface area contributed by atoms with Crippen LogP contribution in [0.25, 0.3) is 0 Å². The summed E-state index contributed by atoms with van der Waals surface area (Å²) in [6.45, 7) is 4.36. The Bertz CT molecular complexity index is 860. The highest BCUT2D eigenvalue weighted by Gasteiger charge is 2.16. The molecule has 0 saturated carbocycles. The van der Waals surface area contributed by atoms with Crippen LogP contribution in [0.2, 0.25) is 5.02 Å². The Labute approximate surface area is 177 Å². The van der Waals surface area contributed by atoms with Crippen LogP contribution in [0.4, 0.5) is 0 Å². The van der Waals surface area contributed by atoms with E-state index in [2.05, 4.69) is 36.2 Å². The summed E-state index contributed by atoms with van der Waals surface area (Å²) in [6, 6.07) is 25.9. The van der Waals surface area contributed by atoms with Crippen LogP contribution >= 0.6 is 11.6 Å². The van der Waals surface area contributed by atoms with Crippen molar-refractivity contribution in [2.45, 2.75) is 18.6 Å². The first-order chi connectivity index (χ1) is 14.2. The van der Waals surface area contributed by atoms with Crippen LogP contribution in [0, 0.1) is 0 Å². The molecule has 3 aromatic rings. The molecular weight excluding hydrogens is 382 g/mol. The van der Waals surface area contributed by atoms with Crippen LogP contribution in [-0.4, -0.2) is 24.4 Å². The number of halogens is 1. The number of aliphatic hydroxyl groups excluding tert-OH is 1. The number of rotatable bonds is 10. The Balaban J connectivity index is 1.62. The van der Waals surface area contributed by atoms with Crippen LogP contribution in [0.1, 0.15) is 22.7 Å². The molecule has 0 aliphatic heterocycles. The summed E-state index contributed by atoms with van der Waals surface area (Å²) in [5.74, 6) is 0.719. The van der Waals surface area contributed by atoms with Crippen LogP contribution in [0.3, 0.4) is 0 Å². The molecule has 3 nitrogen and oxygen atoms in total. The monoisotopic (exact) mass is 407 g/mol. The van der Waals surface area contributed by atoms with Crippen molar-refractivity contribution < 1.29 is 9.84 Å². The fourth-order valence-electron chi connectivity index (χ4n) is 3.22. The predicted molar refractivity (Wildman–Crippen MR) is 120 cm³/mol. The second-order valence-electron chi connectivity index (χ2n) is 6.87. The molecule has 3 aromatic carbocycles. The molecule has 0 amide bonds. The van der Waals surface area contributed by atoms with E-state index in [1.54, 1.807) is 12.1 Å². The lowest BCUT2D eigenvalue weighted by Gasteiger charge is -2.22. The summed E-state index contributed by atoms with van der Waals surface area (Å²) in [5.41, 5.74) is 3.26. The molecule has 29 heavy (non-hydrogen) atoms. The van der Waals surface area contributed by atoms with E-state index in [4.69, 9.17) is 16.3 Å². The minimum absolute atomic E-state index is 0.00101. The maximum Gasteiger partial charge on any atom is 0.123 e. The zero-order valence-corrected chi connectivity index (χ0v) is 17.1. The molecule has 4 heteroatoms. The lowest BCUT2D eigenvalue weighted by molar-refractivity contribution is 0.104. The van der Waals surface area contributed by atoms with E-state index in [1.165, 1.54) is 0 Å².